The largest absolute Gasteiger partial charge is 0.309 e. The van der Waals surface area contributed by atoms with Gasteiger partial charge in [0.05, 0.1) is 22.1 Å². The van der Waals surface area contributed by atoms with Gasteiger partial charge in [-0.1, -0.05) is 97.1 Å². The molecule has 5 aromatic heterocycles. The van der Waals surface area contributed by atoms with Crippen LogP contribution in [-0.4, -0.2) is 24.1 Å². The van der Waals surface area contributed by atoms with Crippen molar-refractivity contribution in [3.8, 4) is 45.5 Å². The second-order valence-electron chi connectivity index (χ2n) is 16.4. The van der Waals surface area contributed by atoms with Crippen LogP contribution in [0.15, 0.2) is 200 Å². The van der Waals surface area contributed by atoms with Crippen LogP contribution in [0.25, 0.3) is 129 Å². The van der Waals surface area contributed by atoms with Crippen molar-refractivity contribution in [3.63, 3.8) is 0 Å². The molecule has 0 atom stereocenters. The number of aromatic nitrogens is 5. The van der Waals surface area contributed by atoms with Crippen molar-refractivity contribution in [2.75, 3.05) is 0 Å². The van der Waals surface area contributed by atoms with Gasteiger partial charge < -0.3 is 9.13 Å². The molecule has 0 amide bonds. The Labute approximate surface area is 374 Å². The van der Waals surface area contributed by atoms with Gasteiger partial charge in [-0.3, -0.25) is 0 Å². The predicted molar refractivity (Wildman–Crippen MR) is 271 cm³/mol. The molecular weight excluding hydrogens is 819 g/mol. The van der Waals surface area contributed by atoms with Crippen LogP contribution in [-0.2, 0) is 0 Å². The van der Waals surface area contributed by atoms with Gasteiger partial charge >= 0.3 is 0 Å². The smallest absolute Gasteiger partial charge is 0.164 e. The van der Waals surface area contributed by atoms with Gasteiger partial charge in [-0.2, -0.15) is 0 Å². The first kappa shape index (κ1) is 35.6. The minimum absolute atomic E-state index is 0.632. The summed E-state index contributed by atoms with van der Waals surface area (Å²) in [6.45, 7) is 0. The first-order chi connectivity index (χ1) is 31.7. The summed E-state index contributed by atoms with van der Waals surface area (Å²) in [7, 11) is 0. The van der Waals surface area contributed by atoms with Crippen LogP contribution in [0.1, 0.15) is 0 Å². The Hall–Kier alpha value is -7.97. The highest BCUT2D eigenvalue weighted by Gasteiger charge is 2.21. The highest BCUT2D eigenvalue weighted by atomic mass is 32.1. The van der Waals surface area contributed by atoms with Crippen molar-refractivity contribution in [1.82, 2.24) is 24.1 Å². The standard InChI is InChI=1S/C57H33N5S2/c1-2-12-37(13-3-1)61-47-19-9-5-17-43(47)53-48(61)29-28-42-39-14-4-8-18-46(39)62(54(42)53)38-26-22-34(23-27-38)55-58-56(35-24-30-51-44(32-35)40-15-6-10-20-49(40)63-51)60-57(59-55)36-25-31-52-45(33-36)41-16-7-11-21-50(41)64-52/h1-33H. The molecule has 7 heteroatoms. The molecule has 9 aromatic carbocycles. The highest BCUT2D eigenvalue weighted by molar-refractivity contribution is 7.26. The van der Waals surface area contributed by atoms with Gasteiger partial charge in [-0.05, 0) is 103 Å². The first-order valence-corrected chi connectivity index (χ1v) is 23.1. The average Bonchev–Trinajstić information content (AvgIpc) is 4.11. The lowest BCUT2D eigenvalue weighted by molar-refractivity contribution is 1.07. The zero-order valence-electron chi connectivity index (χ0n) is 34.1. The Morgan fingerprint density at radius 3 is 1.39 bits per heavy atom. The summed E-state index contributed by atoms with van der Waals surface area (Å²) in [5, 5.41) is 9.81. The summed E-state index contributed by atoms with van der Waals surface area (Å²) in [4.78, 5) is 15.7. The quantitative estimate of drug-likeness (QED) is 0.173. The summed E-state index contributed by atoms with van der Waals surface area (Å²) in [6, 6.07) is 72.0. The predicted octanol–water partition coefficient (Wildman–Crippen LogP) is 15.8. The maximum atomic E-state index is 5.25. The number of hydrogen-bond acceptors (Lipinski definition) is 5. The van der Waals surface area contributed by atoms with Gasteiger partial charge in [-0.25, -0.2) is 15.0 Å². The Morgan fingerprint density at radius 1 is 0.297 bits per heavy atom. The highest BCUT2D eigenvalue weighted by Crippen LogP contribution is 2.43. The summed E-state index contributed by atoms with van der Waals surface area (Å²) in [5.74, 6) is 1.93. The van der Waals surface area contributed by atoms with E-state index >= 15 is 0 Å². The minimum Gasteiger partial charge on any atom is -0.309 e. The second kappa shape index (κ2) is 13.8. The third kappa shape index (κ3) is 5.32. The number of thiophene rings is 2. The fourth-order valence-electron chi connectivity index (χ4n) is 9.89. The average molecular weight is 852 g/mol. The molecule has 5 heterocycles. The fourth-order valence-corrected chi connectivity index (χ4v) is 12.1. The molecular formula is C57H33N5S2. The van der Waals surface area contributed by atoms with E-state index in [-0.39, 0.29) is 0 Å². The van der Waals surface area contributed by atoms with Crippen LogP contribution < -0.4 is 0 Å². The summed E-state index contributed by atoms with van der Waals surface area (Å²) in [5.41, 5.74) is 9.76. The monoisotopic (exact) mass is 851 g/mol. The van der Waals surface area contributed by atoms with E-state index in [4.69, 9.17) is 15.0 Å². The van der Waals surface area contributed by atoms with E-state index in [0.717, 1.165) is 33.6 Å². The zero-order valence-corrected chi connectivity index (χ0v) is 35.7. The molecule has 0 saturated heterocycles. The van der Waals surface area contributed by atoms with E-state index < -0.39 is 0 Å². The van der Waals surface area contributed by atoms with E-state index in [1.807, 2.05) is 22.7 Å². The summed E-state index contributed by atoms with van der Waals surface area (Å²) in [6.07, 6.45) is 0. The van der Waals surface area contributed by atoms with Gasteiger partial charge in [0.15, 0.2) is 17.5 Å². The van der Waals surface area contributed by atoms with E-state index in [0.29, 0.717) is 17.5 Å². The number of fused-ring (bicyclic) bond motifs is 13. The van der Waals surface area contributed by atoms with Crippen LogP contribution >= 0.6 is 22.7 Å². The van der Waals surface area contributed by atoms with Crippen molar-refractivity contribution < 1.29 is 0 Å². The summed E-state index contributed by atoms with van der Waals surface area (Å²) < 4.78 is 9.86. The lowest BCUT2D eigenvalue weighted by Crippen LogP contribution is -2.00. The normalized spacial score (nSPS) is 12.1. The fraction of sp³-hybridized carbons (Fsp3) is 0. The molecule has 0 radical (unpaired) electrons. The molecule has 0 aliphatic carbocycles. The molecule has 14 aromatic rings. The van der Waals surface area contributed by atoms with Gasteiger partial charge in [0.25, 0.3) is 0 Å². The molecule has 0 aliphatic heterocycles. The molecule has 0 aliphatic rings. The molecule has 0 saturated carbocycles. The minimum atomic E-state index is 0.632. The lowest BCUT2D eigenvalue weighted by atomic mass is 10.1. The van der Waals surface area contributed by atoms with Crippen LogP contribution in [0.3, 0.4) is 0 Å². The van der Waals surface area contributed by atoms with Gasteiger partial charge in [-0.15, -0.1) is 22.7 Å². The van der Waals surface area contributed by atoms with E-state index in [1.165, 1.54) is 78.4 Å². The molecule has 0 spiro atoms. The van der Waals surface area contributed by atoms with Crippen molar-refractivity contribution in [2.24, 2.45) is 0 Å². The van der Waals surface area contributed by atoms with Crippen LogP contribution in [0, 0.1) is 0 Å². The third-order valence-electron chi connectivity index (χ3n) is 12.8. The number of para-hydroxylation sites is 3. The van der Waals surface area contributed by atoms with Crippen LogP contribution in [0.2, 0.25) is 0 Å². The van der Waals surface area contributed by atoms with Crippen molar-refractivity contribution >= 4 is 107 Å². The Balaban J connectivity index is 0.966. The maximum absolute atomic E-state index is 5.25. The molecule has 0 fully saturated rings. The number of hydrogen-bond donors (Lipinski definition) is 0. The van der Waals surface area contributed by atoms with Gasteiger partial charge in [0, 0.05) is 90.0 Å². The molecule has 0 unspecified atom stereocenters. The number of nitrogens with zero attached hydrogens (tertiary/aromatic N) is 5. The SMILES string of the molecule is c1ccc(-n2c3ccccc3c3c2ccc2c4ccccc4n(-c4ccc(-c5nc(-c6ccc7sc8ccccc8c7c6)nc(-c6ccc7sc8ccccc8c7c6)n5)cc4)c23)cc1. The molecule has 298 valence electrons. The van der Waals surface area contributed by atoms with Crippen molar-refractivity contribution in [2.45, 2.75) is 0 Å². The van der Waals surface area contributed by atoms with Crippen LogP contribution in [0.5, 0.6) is 0 Å². The Morgan fingerprint density at radius 2 is 0.766 bits per heavy atom. The lowest BCUT2D eigenvalue weighted by Gasteiger charge is -2.12. The van der Waals surface area contributed by atoms with Gasteiger partial charge in [0.1, 0.15) is 0 Å². The Bertz CT molecular complexity index is 4060. The number of benzene rings is 9. The second-order valence-corrected chi connectivity index (χ2v) is 18.5. The van der Waals surface area contributed by atoms with Gasteiger partial charge in [0.2, 0.25) is 0 Å². The first-order valence-electron chi connectivity index (χ1n) is 21.4. The zero-order chi connectivity index (χ0) is 41.9. The maximum Gasteiger partial charge on any atom is 0.164 e. The van der Waals surface area contributed by atoms with E-state index in [1.54, 1.807) is 0 Å². The van der Waals surface area contributed by atoms with E-state index in [2.05, 4.69) is 209 Å². The number of rotatable bonds is 5. The summed E-state index contributed by atoms with van der Waals surface area (Å²) >= 11 is 3.63. The molecule has 64 heavy (non-hydrogen) atoms. The Kier molecular flexibility index (Phi) is 7.66. The molecule has 0 N–H and O–H groups in total. The van der Waals surface area contributed by atoms with Crippen molar-refractivity contribution in [3.05, 3.63) is 200 Å². The van der Waals surface area contributed by atoms with Crippen LogP contribution in [0.4, 0.5) is 0 Å². The third-order valence-corrected chi connectivity index (χ3v) is 15.1. The molecule has 14 rings (SSSR count). The van der Waals surface area contributed by atoms with E-state index in [9.17, 15) is 0 Å². The molecule has 0 bridgehead atoms. The molecule has 5 nitrogen and oxygen atoms in total. The topological polar surface area (TPSA) is 48.5 Å². The van der Waals surface area contributed by atoms with Crippen molar-refractivity contribution in [1.29, 1.82) is 0 Å².